The molecule has 0 fully saturated rings. The second kappa shape index (κ2) is 8.10. The average Bonchev–Trinajstić information content (AvgIpc) is 2.15. The van der Waals surface area contributed by atoms with Crippen LogP contribution in [0, 0.1) is 0 Å². The summed E-state index contributed by atoms with van der Waals surface area (Å²) in [6, 6.07) is 0. The number of hydrazone groups is 1. The number of hydrogen-bond acceptors (Lipinski definition) is 4. The number of hydrogen-bond donors (Lipinski definition) is 1. The number of thioether (sulfide) groups is 1. The van der Waals surface area contributed by atoms with Crippen LogP contribution < -0.4 is 5.53 Å². The SMILES string of the molecule is C=CN=C(C)N(C)N/N=C(/I)CSC. The molecule has 0 saturated carbocycles. The summed E-state index contributed by atoms with van der Waals surface area (Å²) in [5, 5.41) is 5.90. The monoisotopic (exact) mass is 326 g/mol. The Morgan fingerprint density at radius 2 is 2.36 bits per heavy atom. The van der Waals surface area contributed by atoms with Crippen LogP contribution in [-0.4, -0.2) is 33.6 Å². The molecular formula is C8H15IN4S. The highest BCUT2D eigenvalue weighted by Gasteiger charge is 1.97. The molecule has 0 aliphatic rings. The van der Waals surface area contributed by atoms with E-state index in [1.54, 1.807) is 16.8 Å². The van der Waals surface area contributed by atoms with Crippen molar-refractivity contribution >= 4 is 43.9 Å². The minimum atomic E-state index is 0.817. The van der Waals surface area contributed by atoms with E-state index in [-0.39, 0.29) is 0 Å². The fraction of sp³-hybridized carbons (Fsp3) is 0.500. The summed E-state index contributed by atoms with van der Waals surface area (Å²) in [5.74, 6) is 1.73. The Kier molecular flexibility index (Phi) is 7.96. The van der Waals surface area contributed by atoms with E-state index in [1.165, 1.54) is 6.20 Å². The number of amidine groups is 1. The van der Waals surface area contributed by atoms with Crippen molar-refractivity contribution in [3.8, 4) is 0 Å². The van der Waals surface area contributed by atoms with Crippen molar-refractivity contribution in [3.63, 3.8) is 0 Å². The van der Waals surface area contributed by atoms with Crippen molar-refractivity contribution in [2.24, 2.45) is 10.1 Å². The van der Waals surface area contributed by atoms with E-state index in [1.807, 2.05) is 20.2 Å². The third-order valence-electron chi connectivity index (χ3n) is 1.35. The van der Waals surface area contributed by atoms with Gasteiger partial charge in [0.2, 0.25) is 0 Å². The van der Waals surface area contributed by atoms with Crippen molar-refractivity contribution in [1.29, 1.82) is 0 Å². The molecule has 0 aliphatic carbocycles. The third kappa shape index (κ3) is 6.25. The van der Waals surface area contributed by atoms with Gasteiger partial charge in [-0.2, -0.15) is 16.9 Å². The van der Waals surface area contributed by atoms with Gasteiger partial charge in [-0.25, -0.2) is 10.5 Å². The molecule has 80 valence electrons. The van der Waals surface area contributed by atoms with Gasteiger partial charge in [0.25, 0.3) is 0 Å². The van der Waals surface area contributed by atoms with Crippen molar-refractivity contribution in [1.82, 2.24) is 10.5 Å². The quantitative estimate of drug-likeness (QED) is 0.364. The number of hydrazine groups is 1. The second-order valence-corrected chi connectivity index (χ2v) is 4.55. The first-order valence-electron chi connectivity index (χ1n) is 3.97. The number of halogens is 1. The molecule has 0 spiro atoms. The number of aliphatic imine (C=N–C) groups is 1. The maximum absolute atomic E-state index is 4.16. The van der Waals surface area contributed by atoms with Gasteiger partial charge in [0.05, 0.1) is 0 Å². The predicted octanol–water partition coefficient (Wildman–Crippen LogP) is 2.10. The van der Waals surface area contributed by atoms with Crippen molar-refractivity contribution < 1.29 is 0 Å². The van der Waals surface area contributed by atoms with E-state index < -0.39 is 0 Å². The van der Waals surface area contributed by atoms with E-state index >= 15 is 0 Å². The molecule has 0 atom stereocenters. The zero-order valence-corrected chi connectivity index (χ0v) is 11.6. The molecule has 0 bridgehead atoms. The molecule has 0 radical (unpaired) electrons. The van der Waals surface area contributed by atoms with Gasteiger partial charge in [-0.1, -0.05) is 6.58 Å². The van der Waals surface area contributed by atoms with Crippen LogP contribution >= 0.6 is 34.4 Å². The van der Waals surface area contributed by atoms with Crippen LogP contribution in [0.1, 0.15) is 6.92 Å². The molecule has 0 rings (SSSR count). The summed E-state index contributed by atoms with van der Waals surface area (Å²) in [6.07, 6.45) is 3.55. The number of nitrogens with one attached hydrogen (secondary N) is 1. The van der Waals surface area contributed by atoms with E-state index in [2.05, 4.69) is 44.8 Å². The molecule has 0 unspecified atom stereocenters. The molecule has 0 aromatic carbocycles. The second-order valence-electron chi connectivity index (χ2n) is 2.44. The molecular weight excluding hydrogens is 311 g/mol. The molecule has 0 heterocycles. The van der Waals surface area contributed by atoms with Crippen LogP contribution in [0.15, 0.2) is 22.9 Å². The Hall–Kier alpha value is -0.240. The van der Waals surface area contributed by atoms with Crippen LogP contribution in [0.5, 0.6) is 0 Å². The summed E-state index contributed by atoms with van der Waals surface area (Å²) in [7, 11) is 1.86. The summed E-state index contributed by atoms with van der Waals surface area (Å²) < 4.78 is 1.02. The van der Waals surface area contributed by atoms with Crippen molar-refractivity contribution in [2.45, 2.75) is 6.92 Å². The normalized spacial score (nSPS) is 12.6. The average molecular weight is 326 g/mol. The fourth-order valence-electron chi connectivity index (χ4n) is 0.572. The summed E-state index contributed by atoms with van der Waals surface area (Å²) in [6.45, 7) is 5.41. The predicted molar refractivity (Wildman–Crippen MR) is 74.0 cm³/mol. The van der Waals surface area contributed by atoms with Crippen LogP contribution in [0.4, 0.5) is 0 Å². The molecule has 0 aromatic heterocycles. The first-order valence-corrected chi connectivity index (χ1v) is 6.44. The summed E-state index contributed by atoms with van der Waals surface area (Å²) in [4.78, 5) is 4.02. The first kappa shape index (κ1) is 13.8. The lowest BCUT2D eigenvalue weighted by molar-refractivity contribution is 0.378. The van der Waals surface area contributed by atoms with Gasteiger partial charge >= 0.3 is 0 Å². The standard InChI is InChI=1S/C8H15IN4S/c1-5-10-7(2)13(3)12-11-8(9)6-14-4/h5,12H,1,6H2,2-4H3/b10-7?,11-8+. The third-order valence-corrected chi connectivity index (χ3v) is 3.05. The van der Waals surface area contributed by atoms with Crippen molar-refractivity contribution in [2.75, 3.05) is 19.1 Å². The molecule has 0 aliphatic heterocycles. The van der Waals surface area contributed by atoms with Gasteiger partial charge in [-0.05, 0) is 35.8 Å². The number of rotatable bonds is 5. The highest BCUT2D eigenvalue weighted by Crippen LogP contribution is 1.99. The van der Waals surface area contributed by atoms with Gasteiger partial charge in [-0.15, -0.1) is 0 Å². The lowest BCUT2D eigenvalue weighted by Crippen LogP contribution is -2.35. The van der Waals surface area contributed by atoms with Crippen LogP contribution in [0.2, 0.25) is 0 Å². The topological polar surface area (TPSA) is 40.0 Å². The Bertz CT molecular complexity index is 239. The van der Waals surface area contributed by atoms with E-state index in [4.69, 9.17) is 0 Å². The highest BCUT2D eigenvalue weighted by molar-refractivity contribution is 14.1. The maximum atomic E-state index is 4.16. The zero-order chi connectivity index (χ0) is 11.0. The van der Waals surface area contributed by atoms with E-state index in [0.717, 1.165) is 15.3 Å². The van der Waals surface area contributed by atoms with Crippen LogP contribution in [0.25, 0.3) is 0 Å². The summed E-state index contributed by atoms with van der Waals surface area (Å²) in [5.41, 5.74) is 2.87. The minimum absolute atomic E-state index is 0.817. The zero-order valence-electron chi connectivity index (χ0n) is 8.62. The molecule has 4 nitrogen and oxygen atoms in total. The Balaban J connectivity index is 4.06. The van der Waals surface area contributed by atoms with Gasteiger partial charge in [-0.3, -0.25) is 5.01 Å². The lowest BCUT2D eigenvalue weighted by atomic mass is 10.6. The highest BCUT2D eigenvalue weighted by atomic mass is 127. The van der Waals surface area contributed by atoms with Gasteiger partial charge in [0.15, 0.2) is 0 Å². The largest absolute Gasteiger partial charge is 0.262 e. The molecule has 0 amide bonds. The molecule has 0 saturated heterocycles. The van der Waals surface area contributed by atoms with Crippen molar-refractivity contribution in [3.05, 3.63) is 12.8 Å². The smallest absolute Gasteiger partial charge is 0.120 e. The lowest BCUT2D eigenvalue weighted by Gasteiger charge is -2.16. The summed E-state index contributed by atoms with van der Waals surface area (Å²) >= 11 is 3.94. The Morgan fingerprint density at radius 3 is 2.86 bits per heavy atom. The molecule has 1 N–H and O–H groups in total. The minimum Gasteiger partial charge on any atom is -0.262 e. The molecule has 0 aromatic rings. The van der Waals surface area contributed by atoms with Crippen LogP contribution in [0.3, 0.4) is 0 Å². The van der Waals surface area contributed by atoms with Crippen LogP contribution in [-0.2, 0) is 0 Å². The first-order chi connectivity index (χ1) is 6.61. The Morgan fingerprint density at radius 1 is 1.71 bits per heavy atom. The van der Waals surface area contributed by atoms with Gasteiger partial charge in [0.1, 0.15) is 9.55 Å². The maximum Gasteiger partial charge on any atom is 0.120 e. The van der Waals surface area contributed by atoms with E-state index in [9.17, 15) is 0 Å². The molecule has 14 heavy (non-hydrogen) atoms. The van der Waals surface area contributed by atoms with Gasteiger partial charge < -0.3 is 0 Å². The Labute approximate surface area is 103 Å². The molecule has 6 heteroatoms. The van der Waals surface area contributed by atoms with E-state index in [0.29, 0.717) is 0 Å². The number of nitrogens with zero attached hydrogens (tertiary/aromatic N) is 3. The van der Waals surface area contributed by atoms with Gasteiger partial charge in [0, 0.05) is 19.0 Å². The fourth-order valence-corrected chi connectivity index (χ4v) is 1.92.